The molecule has 0 aliphatic carbocycles. The van der Waals surface area contributed by atoms with E-state index in [0.717, 1.165) is 19.4 Å². The minimum atomic E-state index is 0.449. The Morgan fingerprint density at radius 2 is 2.14 bits per heavy atom. The molecule has 0 bridgehead atoms. The first-order chi connectivity index (χ1) is 6.78. The van der Waals surface area contributed by atoms with Gasteiger partial charge in [0.25, 0.3) is 0 Å². The van der Waals surface area contributed by atoms with Gasteiger partial charge in [-0.1, -0.05) is 13.8 Å². The monoisotopic (exact) mass is 195 g/mol. The van der Waals surface area contributed by atoms with E-state index < -0.39 is 0 Å². The van der Waals surface area contributed by atoms with Gasteiger partial charge in [0.2, 0.25) is 0 Å². The zero-order valence-corrected chi connectivity index (χ0v) is 9.67. The third kappa shape index (κ3) is 1.98. The fraction of sp³-hybridized carbons (Fsp3) is 0.727. The van der Waals surface area contributed by atoms with Gasteiger partial charge in [-0.25, -0.2) is 0 Å². The molecule has 0 aliphatic heterocycles. The maximum Gasteiger partial charge on any atom is 0.0540 e. The van der Waals surface area contributed by atoms with Crippen LogP contribution in [-0.4, -0.2) is 16.8 Å². The Balaban J connectivity index is 3.01. The van der Waals surface area contributed by atoms with Crippen LogP contribution in [0.1, 0.15) is 44.5 Å². The zero-order valence-electron chi connectivity index (χ0n) is 9.67. The number of rotatable bonds is 5. The summed E-state index contributed by atoms with van der Waals surface area (Å²) >= 11 is 0. The Kier molecular flexibility index (Phi) is 4.14. The van der Waals surface area contributed by atoms with Gasteiger partial charge in [-0.3, -0.25) is 4.68 Å². The third-order valence-electron chi connectivity index (χ3n) is 2.75. The summed E-state index contributed by atoms with van der Waals surface area (Å²) in [4.78, 5) is 0. The number of hydrogen-bond donors (Lipinski definition) is 1. The first kappa shape index (κ1) is 11.2. The summed E-state index contributed by atoms with van der Waals surface area (Å²) in [5.41, 5.74) is 2.73. The molecule has 1 aromatic heterocycles. The van der Waals surface area contributed by atoms with Gasteiger partial charge >= 0.3 is 0 Å². The van der Waals surface area contributed by atoms with Gasteiger partial charge < -0.3 is 5.32 Å². The number of hydrogen-bond acceptors (Lipinski definition) is 2. The zero-order chi connectivity index (χ0) is 10.6. The molecule has 1 atom stereocenters. The summed E-state index contributed by atoms with van der Waals surface area (Å²) in [6.07, 6.45) is 4.17. The molecule has 0 fully saturated rings. The largest absolute Gasteiger partial charge is 0.313 e. The molecule has 1 aromatic rings. The predicted octanol–water partition coefficient (Wildman–Crippen LogP) is 2.14. The standard InChI is InChI=1S/C11H21N3/c1-5-10(12-4)9-8-13-14(7-3)11(9)6-2/h8,10,12H,5-7H2,1-4H3. The second kappa shape index (κ2) is 5.15. The highest BCUT2D eigenvalue weighted by Crippen LogP contribution is 2.20. The first-order valence-corrected chi connectivity index (χ1v) is 5.50. The van der Waals surface area contributed by atoms with Crippen LogP contribution in [0.4, 0.5) is 0 Å². The lowest BCUT2D eigenvalue weighted by atomic mass is 10.0. The molecule has 1 heterocycles. The van der Waals surface area contributed by atoms with Crippen molar-refractivity contribution in [2.45, 2.75) is 46.2 Å². The van der Waals surface area contributed by atoms with Crippen LogP contribution in [-0.2, 0) is 13.0 Å². The van der Waals surface area contributed by atoms with Crippen LogP contribution in [0.15, 0.2) is 6.20 Å². The first-order valence-electron chi connectivity index (χ1n) is 5.50. The summed E-state index contributed by atoms with van der Waals surface area (Å²) in [5.74, 6) is 0. The molecule has 0 radical (unpaired) electrons. The van der Waals surface area contributed by atoms with E-state index in [9.17, 15) is 0 Å². The minimum Gasteiger partial charge on any atom is -0.313 e. The highest BCUT2D eigenvalue weighted by atomic mass is 15.3. The lowest BCUT2D eigenvalue weighted by molar-refractivity contribution is 0.563. The molecule has 3 heteroatoms. The molecule has 14 heavy (non-hydrogen) atoms. The highest BCUT2D eigenvalue weighted by molar-refractivity contribution is 5.21. The molecule has 1 rings (SSSR count). The van der Waals surface area contributed by atoms with E-state index in [4.69, 9.17) is 0 Å². The van der Waals surface area contributed by atoms with E-state index in [0.29, 0.717) is 6.04 Å². The topological polar surface area (TPSA) is 29.9 Å². The van der Waals surface area contributed by atoms with Crippen LogP contribution in [0, 0.1) is 0 Å². The fourth-order valence-electron chi connectivity index (χ4n) is 1.95. The van der Waals surface area contributed by atoms with Crippen LogP contribution >= 0.6 is 0 Å². The Morgan fingerprint density at radius 3 is 2.57 bits per heavy atom. The van der Waals surface area contributed by atoms with Gasteiger partial charge in [0.05, 0.1) is 6.20 Å². The van der Waals surface area contributed by atoms with Crippen molar-refractivity contribution in [2.75, 3.05) is 7.05 Å². The van der Waals surface area contributed by atoms with Crippen molar-refractivity contribution in [1.29, 1.82) is 0 Å². The lowest BCUT2D eigenvalue weighted by Gasteiger charge is -2.14. The van der Waals surface area contributed by atoms with Crippen LogP contribution in [0.2, 0.25) is 0 Å². The molecule has 1 unspecified atom stereocenters. The van der Waals surface area contributed by atoms with Crippen molar-refractivity contribution in [3.05, 3.63) is 17.5 Å². The van der Waals surface area contributed by atoms with Crippen LogP contribution in [0.3, 0.4) is 0 Å². The fourth-order valence-corrected chi connectivity index (χ4v) is 1.95. The Morgan fingerprint density at radius 1 is 1.43 bits per heavy atom. The van der Waals surface area contributed by atoms with E-state index in [1.165, 1.54) is 11.3 Å². The molecule has 0 spiro atoms. The predicted molar refractivity (Wildman–Crippen MR) is 59.4 cm³/mol. The molecule has 1 N–H and O–H groups in total. The molecular weight excluding hydrogens is 174 g/mol. The summed E-state index contributed by atoms with van der Waals surface area (Å²) < 4.78 is 2.09. The smallest absolute Gasteiger partial charge is 0.0540 e. The van der Waals surface area contributed by atoms with Crippen molar-refractivity contribution >= 4 is 0 Å². The summed E-state index contributed by atoms with van der Waals surface area (Å²) in [6.45, 7) is 7.48. The number of nitrogens with zero attached hydrogens (tertiary/aromatic N) is 2. The Bertz CT molecular complexity index is 274. The van der Waals surface area contributed by atoms with Crippen LogP contribution in [0.25, 0.3) is 0 Å². The van der Waals surface area contributed by atoms with Crippen molar-refractivity contribution in [2.24, 2.45) is 0 Å². The van der Waals surface area contributed by atoms with Crippen LogP contribution < -0.4 is 5.32 Å². The van der Waals surface area contributed by atoms with E-state index in [2.05, 4.69) is 35.9 Å². The van der Waals surface area contributed by atoms with Gasteiger partial charge in [0.1, 0.15) is 0 Å². The Hall–Kier alpha value is -0.830. The molecule has 0 amide bonds. The SMILES string of the molecule is CCc1c(C(CC)NC)cnn1CC. The summed E-state index contributed by atoms with van der Waals surface area (Å²) in [5, 5.41) is 7.73. The number of aryl methyl sites for hydroxylation is 1. The van der Waals surface area contributed by atoms with Crippen molar-refractivity contribution in [3.8, 4) is 0 Å². The van der Waals surface area contributed by atoms with Gasteiger partial charge in [-0.05, 0) is 26.8 Å². The van der Waals surface area contributed by atoms with E-state index in [-0.39, 0.29) is 0 Å². The van der Waals surface area contributed by atoms with Crippen molar-refractivity contribution in [3.63, 3.8) is 0 Å². The normalized spacial score (nSPS) is 13.1. The minimum absolute atomic E-state index is 0.449. The maximum atomic E-state index is 4.40. The van der Waals surface area contributed by atoms with E-state index in [1.807, 2.05) is 13.2 Å². The van der Waals surface area contributed by atoms with Crippen molar-refractivity contribution in [1.82, 2.24) is 15.1 Å². The molecule has 80 valence electrons. The third-order valence-corrected chi connectivity index (χ3v) is 2.75. The van der Waals surface area contributed by atoms with E-state index >= 15 is 0 Å². The second-order valence-corrected chi connectivity index (χ2v) is 3.47. The Labute approximate surface area is 86.5 Å². The van der Waals surface area contributed by atoms with Crippen molar-refractivity contribution < 1.29 is 0 Å². The summed E-state index contributed by atoms with van der Waals surface area (Å²) in [7, 11) is 2.01. The van der Waals surface area contributed by atoms with Gasteiger partial charge in [0, 0.05) is 23.8 Å². The van der Waals surface area contributed by atoms with Gasteiger partial charge in [0.15, 0.2) is 0 Å². The summed E-state index contributed by atoms with van der Waals surface area (Å²) in [6, 6.07) is 0.449. The highest BCUT2D eigenvalue weighted by Gasteiger charge is 2.14. The van der Waals surface area contributed by atoms with E-state index in [1.54, 1.807) is 0 Å². The average molecular weight is 195 g/mol. The molecule has 3 nitrogen and oxygen atoms in total. The van der Waals surface area contributed by atoms with Gasteiger partial charge in [-0.2, -0.15) is 5.10 Å². The lowest BCUT2D eigenvalue weighted by Crippen LogP contribution is -2.16. The molecule has 0 saturated heterocycles. The average Bonchev–Trinajstić information content (AvgIpc) is 2.62. The number of aromatic nitrogens is 2. The molecule has 0 aromatic carbocycles. The molecule has 0 saturated carbocycles. The quantitative estimate of drug-likeness (QED) is 0.780. The molecule has 0 aliphatic rings. The number of nitrogens with one attached hydrogen (secondary N) is 1. The second-order valence-electron chi connectivity index (χ2n) is 3.47. The maximum absolute atomic E-state index is 4.40. The van der Waals surface area contributed by atoms with Gasteiger partial charge in [-0.15, -0.1) is 0 Å². The van der Waals surface area contributed by atoms with Crippen LogP contribution in [0.5, 0.6) is 0 Å². The molecular formula is C11H21N3.